The van der Waals surface area contributed by atoms with Crippen LogP contribution in [0.4, 0.5) is 11.8 Å². The highest BCUT2D eigenvalue weighted by Crippen LogP contribution is 2.47. The van der Waals surface area contributed by atoms with Crippen molar-refractivity contribution in [3.8, 4) is 0 Å². The molecule has 3 fully saturated rings. The van der Waals surface area contributed by atoms with Crippen LogP contribution in [0.3, 0.4) is 0 Å². The SMILES string of the molecule is C=N/C(=C\C=C(/C)N1CCN(C(C)C)CC1)Nc1ncc2c(n1)N(C1CCCC1)C1(CCN(C)C1=O)C2. The quantitative estimate of drug-likeness (QED) is 0.449. The molecule has 4 heterocycles. The Balaban J connectivity index is 1.34. The Morgan fingerprint density at radius 1 is 1.19 bits per heavy atom. The predicted octanol–water partition coefficient (Wildman–Crippen LogP) is 3.27. The van der Waals surface area contributed by atoms with E-state index < -0.39 is 5.54 Å². The van der Waals surface area contributed by atoms with Gasteiger partial charge in [-0.1, -0.05) is 12.8 Å². The van der Waals surface area contributed by atoms with Crippen LogP contribution in [0.15, 0.2) is 34.9 Å². The van der Waals surface area contributed by atoms with Crippen molar-refractivity contribution in [2.75, 3.05) is 50.0 Å². The van der Waals surface area contributed by atoms with Gasteiger partial charge in [0.1, 0.15) is 17.2 Å². The van der Waals surface area contributed by atoms with Crippen LogP contribution in [-0.4, -0.2) is 94.7 Å². The summed E-state index contributed by atoms with van der Waals surface area (Å²) < 4.78 is 0. The van der Waals surface area contributed by atoms with Crippen LogP contribution >= 0.6 is 0 Å². The Kier molecular flexibility index (Phi) is 7.25. The molecular formula is C28H42N8O. The third-order valence-electron chi connectivity index (χ3n) is 8.75. The number of aromatic nitrogens is 2. The number of rotatable bonds is 7. The third-order valence-corrected chi connectivity index (χ3v) is 8.75. The standard InChI is InChI=1S/C28H42N8O/c1-20(2)34-14-16-35(17-15-34)21(3)10-11-24(29-4)31-27-30-19-22-18-28(12-13-33(5)26(28)37)36(25(22)32-27)23-8-6-7-9-23/h10-11,19-20,23H,4,6-9,12-18H2,1-3,5H3,(H,30,31,32)/b21-10+,24-11+. The number of piperazine rings is 1. The van der Waals surface area contributed by atoms with E-state index in [4.69, 9.17) is 4.98 Å². The molecule has 1 saturated carbocycles. The first kappa shape index (κ1) is 25.7. The van der Waals surface area contributed by atoms with E-state index in [9.17, 15) is 4.79 Å². The van der Waals surface area contributed by atoms with E-state index in [0.717, 1.165) is 63.4 Å². The Morgan fingerprint density at radius 2 is 1.92 bits per heavy atom. The number of nitrogens with zero attached hydrogens (tertiary/aromatic N) is 7. The molecule has 1 aromatic heterocycles. The lowest BCUT2D eigenvalue weighted by molar-refractivity contribution is -0.131. The third kappa shape index (κ3) is 4.85. The van der Waals surface area contributed by atoms with E-state index in [2.05, 4.69) is 63.6 Å². The molecule has 2 saturated heterocycles. The number of hydrogen-bond donors (Lipinski definition) is 1. The second-order valence-electron chi connectivity index (χ2n) is 11.3. The molecule has 1 amide bonds. The Hall–Kier alpha value is -2.94. The van der Waals surface area contributed by atoms with E-state index in [0.29, 0.717) is 30.3 Å². The van der Waals surface area contributed by atoms with Gasteiger partial charge in [0.25, 0.3) is 0 Å². The molecule has 5 rings (SSSR count). The zero-order chi connectivity index (χ0) is 26.2. The van der Waals surface area contributed by atoms with E-state index in [1.807, 2.05) is 24.2 Å². The molecule has 0 bridgehead atoms. The van der Waals surface area contributed by atoms with Crippen LogP contribution < -0.4 is 10.2 Å². The maximum absolute atomic E-state index is 13.4. The van der Waals surface area contributed by atoms with E-state index in [-0.39, 0.29) is 5.91 Å². The molecule has 1 aliphatic carbocycles. The van der Waals surface area contributed by atoms with Gasteiger partial charge in [-0.3, -0.25) is 9.69 Å². The van der Waals surface area contributed by atoms with Gasteiger partial charge in [0.15, 0.2) is 0 Å². The Bertz CT molecular complexity index is 1080. The molecule has 200 valence electrons. The summed E-state index contributed by atoms with van der Waals surface area (Å²) >= 11 is 0. The number of likely N-dealkylation sites (tertiary alicyclic amines) is 1. The molecular weight excluding hydrogens is 464 g/mol. The van der Waals surface area contributed by atoms with Gasteiger partial charge in [0, 0.05) is 75.7 Å². The molecule has 1 unspecified atom stereocenters. The van der Waals surface area contributed by atoms with Crippen molar-refractivity contribution in [3.63, 3.8) is 0 Å². The highest BCUT2D eigenvalue weighted by Gasteiger charge is 2.57. The fourth-order valence-corrected chi connectivity index (χ4v) is 6.53. The van der Waals surface area contributed by atoms with Gasteiger partial charge in [0.2, 0.25) is 11.9 Å². The van der Waals surface area contributed by atoms with Crippen molar-refractivity contribution in [1.29, 1.82) is 0 Å². The lowest BCUT2D eigenvalue weighted by atomic mass is 9.91. The van der Waals surface area contributed by atoms with E-state index in [1.54, 1.807) is 0 Å². The van der Waals surface area contributed by atoms with E-state index >= 15 is 0 Å². The van der Waals surface area contributed by atoms with Gasteiger partial charge < -0.3 is 20.0 Å². The topological polar surface area (TPSA) is 80.2 Å². The van der Waals surface area contributed by atoms with E-state index in [1.165, 1.54) is 18.5 Å². The van der Waals surface area contributed by atoms with Crippen molar-refractivity contribution >= 4 is 24.4 Å². The molecule has 1 atom stereocenters. The van der Waals surface area contributed by atoms with Gasteiger partial charge in [-0.05, 0) is 58.9 Å². The zero-order valence-corrected chi connectivity index (χ0v) is 22.9. The molecule has 1 spiro atoms. The number of nitrogens with one attached hydrogen (secondary N) is 1. The van der Waals surface area contributed by atoms with Crippen LogP contribution in [0.25, 0.3) is 0 Å². The van der Waals surface area contributed by atoms with Crippen molar-refractivity contribution in [2.24, 2.45) is 4.99 Å². The van der Waals surface area contributed by atoms with Gasteiger partial charge in [-0.15, -0.1) is 0 Å². The van der Waals surface area contributed by atoms with Crippen LogP contribution in [0.2, 0.25) is 0 Å². The second-order valence-corrected chi connectivity index (χ2v) is 11.3. The predicted molar refractivity (Wildman–Crippen MR) is 149 cm³/mol. The summed E-state index contributed by atoms with van der Waals surface area (Å²) in [5.74, 6) is 2.23. The maximum atomic E-state index is 13.4. The highest BCUT2D eigenvalue weighted by molar-refractivity contribution is 5.94. The number of amides is 1. The van der Waals surface area contributed by atoms with Crippen LogP contribution in [0.1, 0.15) is 58.4 Å². The fourth-order valence-electron chi connectivity index (χ4n) is 6.53. The number of carbonyl (C=O) groups excluding carboxylic acids is 1. The molecule has 3 aliphatic heterocycles. The first-order valence-electron chi connectivity index (χ1n) is 13.8. The van der Waals surface area contributed by atoms with Gasteiger partial charge >= 0.3 is 0 Å². The number of fused-ring (bicyclic) bond motifs is 1. The molecule has 4 aliphatic rings. The number of likely N-dealkylation sites (N-methyl/N-ethyl adjacent to an activating group) is 1. The number of aliphatic imine (C=N–C) groups is 1. The summed E-state index contributed by atoms with van der Waals surface area (Å²) in [7, 11) is 1.91. The summed E-state index contributed by atoms with van der Waals surface area (Å²) in [5.41, 5.74) is 1.77. The molecule has 9 heteroatoms. The van der Waals surface area contributed by atoms with Crippen LogP contribution in [0, 0.1) is 0 Å². The molecule has 0 aromatic carbocycles. The summed E-state index contributed by atoms with van der Waals surface area (Å²) in [6.07, 6.45) is 12.1. The normalized spacial score (nSPS) is 25.6. The zero-order valence-electron chi connectivity index (χ0n) is 22.9. The lowest BCUT2D eigenvalue weighted by Gasteiger charge is -2.39. The summed E-state index contributed by atoms with van der Waals surface area (Å²) in [6, 6.07) is 0.945. The van der Waals surface area contributed by atoms with Crippen molar-refractivity contribution < 1.29 is 4.79 Å². The molecule has 37 heavy (non-hydrogen) atoms. The number of anilines is 2. The average Bonchev–Trinajstić information content (AvgIpc) is 3.61. The van der Waals surface area contributed by atoms with Gasteiger partial charge in [-0.25, -0.2) is 9.98 Å². The lowest BCUT2D eigenvalue weighted by Crippen LogP contribution is -2.56. The maximum Gasteiger partial charge on any atom is 0.248 e. The monoisotopic (exact) mass is 506 g/mol. The van der Waals surface area contributed by atoms with Crippen LogP contribution in [0.5, 0.6) is 0 Å². The number of hydrogen-bond acceptors (Lipinski definition) is 8. The highest BCUT2D eigenvalue weighted by atomic mass is 16.2. The minimum absolute atomic E-state index is 0.218. The van der Waals surface area contributed by atoms with Crippen molar-refractivity contribution in [1.82, 2.24) is 24.7 Å². The Morgan fingerprint density at radius 3 is 2.54 bits per heavy atom. The van der Waals surface area contributed by atoms with Crippen molar-refractivity contribution in [2.45, 2.75) is 76.9 Å². The van der Waals surface area contributed by atoms with Crippen molar-refractivity contribution in [3.05, 3.63) is 35.4 Å². The largest absolute Gasteiger partial charge is 0.372 e. The fraction of sp³-hybridized carbons (Fsp3) is 0.643. The number of allylic oxidation sites excluding steroid dienone is 3. The van der Waals surface area contributed by atoms with Crippen LogP contribution in [-0.2, 0) is 11.2 Å². The molecule has 1 aromatic rings. The first-order valence-corrected chi connectivity index (χ1v) is 13.8. The minimum atomic E-state index is -0.506. The number of carbonyl (C=O) groups is 1. The average molecular weight is 507 g/mol. The molecule has 0 radical (unpaired) electrons. The summed E-state index contributed by atoms with van der Waals surface area (Å²) in [4.78, 5) is 36.3. The first-order chi connectivity index (χ1) is 17.8. The van der Waals surface area contributed by atoms with Gasteiger partial charge in [-0.2, -0.15) is 4.98 Å². The molecule has 9 nitrogen and oxygen atoms in total. The second kappa shape index (κ2) is 10.4. The molecule has 1 N–H and O–H groups in total. The van der Waals surface area contributed by atoms with Gasteiger partial charge in [0.05, 0.1) is 0 Å². The minimum Gasteiger partial charge on any atom is -0.372 e. The smallest absolute Gasteiger partial charge is 0.248 e. The summed E-state index contributed by atoms with van der Waals surface area (Å²) in [6.45, 7) is 15.4. The Labute approximate surface area is 221 Å². The summed E-state index contributed by atoms with van der Waals surface area (Å²) in [5, 5.41) is 3.27.